The average molecular weight is 566 g/mol. The van der Waals surface area contributed by atoms with Gasteiger partial charge in [0.1, 0.15) is 16.5 Å². The minimum atomic E-state index is -0.409. The molecule has 0 spiro atoms. The number of thiazole rings is 1. The minimum absolute atomic E-state index is 0.252. The quantitative estimate of drug-likeness (QED) is 0.212. The van der Waals surface area contributed by atoms with Gasteiger partial charge in [-0.15, -0.1) is 21.5 Å². The highest BCUT2D eigenvalue weighted by Crippen LogP contribution is 2.31. The maximum atomic E-state index is 14.7. The van der Waals surface area contributed by atoms with E-state index in [0.29, 0.717) is 58.3 Å². The number of hydrogen-bond acceptors (Lipinski definition) is 9. The molecule has 0 aliphatic heterocycles. The van der Waals surface area contributed by atoms with Crippen molar-refractivity contribution in [1.29, 1.82) is 0 Å². The van der Waals surface area contributed by atoms with E-state index in [0.717, 1.165) is 10.6 Å². The first-order chi connectivity index (χ1) is 19.1. The van der Waals surface area contributed by atoms with E-state index < -0.39 is 5.82 Å². The molecule has 5 aromatic rings. The van der Waals surface area contributed by atoms with Crippen molar-refractivity contribution in [2.24, 2.45) is 0 Å². The summed E-state index contributed by atoms with van der Waals surface area (Å²) in [5, 5.41) is 14.3. The predicted molar refractivity (Wildman–Crippen MR) is 146 cm³/mol. The Hall–Kier alpha value is -4.16. The van der Waals surface area contributed by atoms with Crippen LogP contribution < -0.4 is 14.8 Å². The number of carbonyl (C=O) groups is 1. The lowest BCUT2D eigenvalue weighted by molar-refractivity contribution is 0.0949. The molecular weight excluding hydrogens is 541 g/mol. The van der Waals surface area contributed by atoms with E-state index in [9.17, 15) is 9.18 Å². The van der Waals surface area contributed by atoms with Gasteiger partial charge in [0.05, 0.1) is 31.9 Å². The van der Waals surface area contributed by atoms with Gasteiger partial charge in [-0.2, -0.15) is 0 Å². The summed E-state index contributed by atoms with van der Waals surface area (Å²) < 4.78 is 32.4. The molecule has 2 aromatic carbocycles. The Morgan fingerprint density at radius 1 is 1.10 bits per heavy atom. The zero-order chi connectivity index (χ0) is 27.2. The smallest absolute Gasteiger partial charge is 0.270 e. The molecule has 5 rings (SSSR count). The highest BCUT2D eigenvalue weighted by molar-refractivity contribution is 7.98. The molecule has 200 valence electrons. The number of aromatic nitrogens is 4. The lowest BCUT2D eigenvalue weighted by atomic mass is 10.1. The molecule has 39 heavy (non-hydrogen) atoms. The molecule has 3 aromatic heterocycles. The summed E-state index contributed by atoms with van der Waals surface area (Å²) in [6, 6.07) is 15.5. The van der Waals surface area contributed by atoms with Gasteiger partial charge in [-0.05, 0) is 48.4 Å². The normalized spacial score (nSPS) is 10.9. The summed E-state index contributed by atoms with van der Waals surface area (Å²) in [5.74, 6) is 1.92. The Bertz CT molecular complexity index is 1570. The van der Waals surface area contributed by atoms with Gasteiger partial charge in [0.25, 0.3) is 5.91 Å². The van der Waals surface area contributed by atoms with Crippen LogP contribution in [0.4, 0.5) is 4.39 Å². The second-order valence-corrected chi connectivity index (χ2v) is 10.1. The molecular formula is C27H24FN5O4S2. The molecule has 0 saturated carbocycles. The number of furan rings is 1. The summed E-state index contributed by atoms with van der Waals surface area (Å²) in [4.78, 5) is 17.1. The zero-order valence-electron chi connectivity index (χ0n) is 21.1. The van der Waals surface area contributed by atoms with Crippen LogP contribution in [0, 0.1) is 5.82 Å². The molecule has 12 heteroatoms. The monoisotopic (exact) mass is 565 g/mol. The van der Waals surface area contributed by atoms with E-state index in [4.69, 9.17) is 13.9 Å². The third kappa shape index (κ3) is 5.96. The Morgan fingerprint density at radius 2 is 1.95 bits per heavy atom. The van der Waals surface area contributed by atoms with Crippen molar-refractivity contribution in [3.8, 4) is 28.8 Å². The minimum Gasteiger partial charge on any atom is -0.493 e. The van der Waals surface area contributed by atoms with Gasteiger partial charge in [-0.25, -0.2) is 9.37 Å². The number of para-hydroxylation sites is 1. The fraction of sp³-hybridized carbons (Fsp3) is 0.185. The van der Waals surface area contributed by atoms with Crippen LogP contribution in [0.5, 0.6) is 11.5 Å². The van der Waals surface area contributed by atoms with Crippen LogP contribution in [0.2, 0.25) is 0 Å². The van der Waals surface area contributed by atoms with E-state index in [1.54, 1.807) is 54.5 Å². The molecule has 0 aliphatic rings. The van der Waals surface area contributed by atoms with Gasteiger partial charge in [0.2, 0.25) is 5.82 Å². The lowest BCUT2D eigenvalue weighted by Gasteiger charge is -2.10. The number of methoxy groups -OCH3 is 2. The predicted octanol–water partition coefficient (Wildman–Crippen LogP) is 5.40. The fourth-order valence-corrected chi connectivity index (χ4v) is 5.57. The van der Waals surface area contributed by atoms with Gasteiger partial charge >= 0.3 is 0 Å². The van der Waals surface area contributed by atoms with Crippen molar-refractivity contribution in [3.05, 3.63) is 88.3 Å². The van der Waals surface area contributed by atoms with Crippen LogP contribution in [-0.4, -0.2) is 46.4 Å². The Balaban J connectivity index is 1.23. The molecule has 1 N–H and O–H groups in total. The van der Waals surface area contributed by atoms with Crippen LogP contribution in [-0.2, 0) is 12.2 Å². The maximum absolute atomic E-state index is 14.7. The lowest BCUT2D eigenvalue weighted by Crippen LogP contribution is -2.26. The van der Waals surface area contributed by atoms with Crippen LogP contribution in [0.25, 0.3) is 17.3 Å². The SMILES string of the molecule is COc1ccc(CCNC(=O)c2csc(CSc3nnc(-c4ccco4)n3-c3ccccc3F)n2)cc1OC. The Morgan fingerprint density at radius 3 is 2.72 bits per heavy atom. The molecule has 0 saturated heterocycles. The van der Waals surface area contributed by atoms with E-state index >= 15 is 0 Å². The zero-order valence-corrected chi connectivity index (χ0v) is 22.7. The van der Waals surface area contributed by atoms with E-state index in [1.807, 2.05) is 18.2 Å². The third-order valence-corrected chi connectivity index (χ3v) is 7.70. The van der Waals surface area contributed by atoms with Gasteiger partial charge in [-0.1, -0.05) is 30.0 Å². The maximum Gasteiger partial charge on any atom is 0.270 e. The van der Waals surface area contributed by atoms with Gasteiger partial charge in [-0.3, -0.25) is 9.36 Å². The Kier molecular flexibility index (Phi) is 8.23. The summed E-state index contributed by atoms with van der Waals surface area (Å²) >= 11 is 2.72. The van der Waals surface area contributed by atoms with Crippen molar-refractivity contribution >= 4 is 29.0 Å². The average Bonchev–Trinajstić information content (AvgIpc) is 3.73. The van der Waals surface area contributed by atoms with Crippen molar-refractivity contribution in [2.45, 2.75) is 17.3 Å². The number of thioether (sulfide) groups is 1. The molecule has 9 nitrogen and oxygen atoms in total. The van der Waals surface area contributed by atoms with Gasteiger partial charge < -0.3 is 19.2 Å². The van der Waals surface area contributed by atoms with E-state index in [-0.39, 0.29) is 5.91 Å². The molecule has 1 amide bonds. The van der Waals surface area contributed by atoms with Crippen LogP contribution >= 0.6 is 23.1 Å². The van der Waals surface area contributed by atoms with Gasteiger partial charge in [0.15, 0.2) is 22.4 Å². The number of ether oxygens (including phenoxy) is 2. The number of nitrogens with zero attached hydrogens (tertiary/aromatic N) is 4. The molecule has 0 aliphatic carbocycles. The number of carbonyl (C=O) groups excluding carboxylic acids is 1. The van der Waals surface area contributed by atoms with Crippen molar-refractivity contribution in [2.75, 3.05) is 20.8 Å². The third-order valence-electron chi connectivity index (χ3n) is 5.72. The first kappa shape index (κ1) is 26.4. The standard InChI is InChI=1S/C27H24FN5O4S2/c1-35-21-10-9-17(14-23(21)36-2)11-12-29-26(34)19-15-38-24(30-19)16-39-27-32-31-25(22-8-5-13-37-22)33(27)20-7-4-3-6-18(20)28/h3-10,13-15H,11-12,16H2,1-2H3,(H,29,34). The highest BCUT2D eigenvalue weighted by Gasteiger charge is 2.21. The number of nitrogens with one attached hydrogen (secondary N) is 1. The highest BCUT2D eigenvalue weighted by atomic mass is 32.2. The van der Waals surface area contributed by atoms with Crippen LogP contribution in [0.1, 0.15) is 21.1 Å². The summed E-state index contributed by atoms with van der Waals surface area (Å²) in [6.45, 7) is 0.442. The van der Waals surface area contributed by atoms with E-state index in [1.165, 1.54) is 35.4 Å². The van der Waals surface area contributed by atoms with Crippen LogP contribution in [0.15, 0.2) is 75.8 Å². The molecule has 0 atom stereocenters. The fourth-order valence-electron chi connectivity index (χ4n) is 3.83. The summed E-state index contributed by atoms with van der Waals surface area (Å²) in [5.41, 5.74) is 1.66. The van der Waals surface area contributed by atoms with E-state index in [2.05, 4.69) is 20.5 Å². The number of halogens is 1. The number of amides is 1. The summed E-state index contributed by atoms with van der Waals surface area (Å²) in [7, 11) is 3.17. The number of rotatable bonds is 11. The molecule has 0 radical (unpaired) electrons. The second-order valence-electron chi connectivity index (χ2n) is 8.18. The molecule has 3 heterocycles. The number of benzene rings is 2. The molecule has 0 fully saturated rings. The van der Waals surface area contributed by atoms with Gasteiger partial charge in [0, 0.05) is 11.9 Å². The van der Waals surface area contributed by atoms with Crippen molar-refractivity contribution < 1.29 is 23.1 Å². The van der Waals surface area contributed by atoms with Crippen molar-refractivity contribution in [3.63, 3.8) is 0 Å². The largest absolute Gasteiger partial charge is 0.493 e. The second kappa shape index (κ2) is 12.1. The van der Waals surface area contributed by atoms with Crippen LogP contribution in [0.3, 0.4) is 0 Å². The van der Waals surface area contributed by atoms with Crippen molar-refractivity contribution in [1.82, 2.24) is 25.1 Å². The summed E-state index contributed by atoms with van der Waals surface area (Å²) in [6.07, 6.45) is 2.15. The Labute approximate surface area is 232 Å². The first-order valence-electron chi connectivity index (χ1n) is 11.9. The topological polar surface area (TPSA) is 104 Å². The number of hydrogen-bond donors (Lipinski definition) is 1. The first-order valence-corrected chi connectivity index (χ1v) is 13.7. The molecule has 0 unspecified atom stereocenters. The molecule has 0 bridgehead atoms.